The lowest BCUT2D eigenvalue weighted by Crippen LogP contribution is -2.38. The molecule has 1 aromatic rings. The zero-order valence-corrected chi connectivity index (χ0v) is 10.1. The molecule has 1 fully saturated rings. The average molecular weight is 291 g/mol. The maximum Gasteiger partial charge on any atom is 0.246 e. The van der Waals surface area contributed by atoms with Crippen molar-refractivity contribution in [2.24, 2.45) is 0 Å². The van der Waals surface area contributed by atoms with Crippen molar-refractivity contribution in [3.05, 3.63) is 33.3 Å². The molecule has 3 nitrogen and oxygen atoms in total. The van der Waals surface area contributed by atoms with Crippen LogP contribution in [0.15, 0.2) is 22.7 Å². The van der Waals surface area contributed by atoms with Gasteiger partial charge in [-0.1, -0.05) is 27.5 Å². The van der Waals surface area contributed by atoms with Gasteiger partial charge in [-0.2, -0.15) is 0 Å². The molecule has 1 aliphatic rings. The second-order valence-electron chi connectivity index (χ2n) is 3.27. The Labute approximate surface area is 101 Å². The van der Waals surface area contributed by atoms with Crippen molar-refractivity contribution in [2.45, 2.75) is 6.10 Å². The first-order valence-electron chi connectivity index (χ1n) is 4.50. The molecule has 0 bridgehead atoms. The molecule has 0 aliphatic carbocycles. The molecule has 1 saturated heterocycles. The summed E-state index contributed by atoms with van der Waals surface area (Å²) in [6.45, 7) is 0.558. The van der Waals surface area contributed by atoms with E-state index in [1.165, 1.54) is 0 Å². The lowest BCUT2D eigenvalue weighted by molar-refractivity contribution is -0.133. The second-order valence-corrected chi connectivity index (χ2v) is 4.59. The highest BCUT2D eigenvalue weighted by molar-refractivity contribution is 9.10. The van der Waals surface area contributed by atoms with Gasteiger partial charge in [0.15, 0.2) is 0 Å². The number of benzene rings is 1. The van der Waals surface area contributed by atoms with Gasteiger partial charge in [0.1, 0.15) is 12.7 Å². The van der Waals surface area contributed by atoms with E-state index in [4.69, 9.17) is 16.3 Å². The van der Waals surface area contributed by atoms with Gasteiger partial charge in [-0.05, 0) is 18.2 Å². The number of amides is 1. The van der Waals surface area contributed by atoms with Crippen LogP contribution in [-0.2, 0) is 9.53 Å². The summed E-state index contributed by atoms with van der Waals surface area (Å²) < 4.78 is 6.34. The van der Waals surface area contributed by atoms with Gasteiger partial charge >= 0.3 is 0 Å². The molecule has 0 unspecified atom stereocenters. The molecule has 5 heteroatoms. The second kappa shape index (κ2) is 4.51. The molecule has 1 aromatic carbocycles. The van der Waals surface area contributed by atoms with E-state index in [-0.39, 0.29) is 18.6 Å². The number of halogens is 2. The molecule has 1 heterocycles. The van der Waals surface area contributed by atoms with Crippen LogP contribution in [0.3, 0.4) is 0 Å². The van der Waals surface area contributed by atoms with Crippen LogP contribution >= 0.6 is 27.5 Å². The van der Waals surface area contributed by atoms with Crippen LogP contribution < -0.4 is 5.32 Å². The van der Waals surface area contributed by atoms with Gasteiger partial charge < -0.3 is 10.1 Å². The van der Waals surface area contributed by atoms with Crippen molar-refractivity contribution in [3.8, 4) is 0 Å². The van der Waals surface area contributed by atoms with E-state index in [0.29, 0.717) is 11.6 Å². The minimum Gasteiger partial charge on any atom is -0.362 e. The zero-order valence-electron chi connectivity index (χ0n) is 7.80. The van der Waals surface area contributed by atoms with Crippen LogP contribution in [0.5, 0.6) is 0 Å². The van der Waals surface area contributed by atoms with E-state index in [2.05, 4.69) is 21.2 Å². The van der Waals surface area contributed by atoms with Gasteiger partial charge in [-0.3, -0.25) is 4.79 Å². The van der Waals surface area contributed by atoms with Crippen molar-refractivity contribution in [1.82, 2.24) is 5.32 Å². The van der Waals surface area contributed by atoms with Crippen LogP contribution in [0.2, 0.25) is 5.02 Å². The molecule has 0 aromatic heterocycles. The summed E-state index contributed by atoms with van der Waals surface area (Å²) in [6, 6.07) is 5.58. The van der Waals surface area contributed by atoms with E-state index in [0.717, 1.165) is 10.0 Å². The minimum absolute atomic E-state index is 0.0858. The molecule has 1 atom stereocenters. The SMILES string of the molecule is O=C1CO[C@H](c2cc(Br)ccc2Cl)CN1. The Morgan fingerprint density at radius 1 is 1.53 bits per heavy atom. The first-order chi connectivity index (χ1) is 7.16. The summed E-state index contributed by atoms with van der Waals surface area (Å²) >= 11 is 9.43. The number of rotatable bonds is 1. The fraction of sp³-hybridized carbons (Fsp3) is 0.300. The van der Waals surface area contributed by atoms with Crippen LogP contribution in [0.25, 0.3) is 0 Å². The third kappa shape index (κ3) is 2.51. The molecule has 0 saturated carbocycles. The number of carbonyl (C=O) groups is 1. The molecule has 1 amide bonds. The van der Waals surface area contributed by atoms with Gasteiger partial charge in [-0.15, -0.1) is 0 Å². The molecular formula is C10H9BrClNO2. The summed E-state index contributed by atoms with van der Waals surface area (Å²) in [5, 5.41) is 3.39. The lowest BCUT2D eigenvalue weighted by atomic mass is 10.1. The normalized spacial score (nSPS) is 21.2. The Morgan fingerprint density at radius 2 is 2.33 bits per heavy atom. The Hall–Kier alpha value is -0.580. The van der Waals surface area contributed by atoms with E-state index in [1.54, 1.807) is 6.07 Å². The Bertz CT molecular complexity index is 387. The van der Waals surface area contributed by atoms with E-state index in [9.17, 15) is 4.79 Å². The van der Waals surface area contributed by atoms with Crippen molar-refractivity contribution < 1.29 is 9.53 Å². The van der Waals surface area contributed by atoms with Crippen LogP contribution in [0.1, 0.15) is 11.7 Å². The lowest BCUT2D eigenvalue weighted by Gasteiger charge is -2.24. The monoisotopic (exact) mass is 289 g/mol. The fourth-order valence-corrected chi connectivity index (χ4v) is 2.07. The highest BCUT2D eigenvalue weighted by Crippen LogP contribution is 2.29. The van der Waals surface area contributed by atoms with Crippen LogP contribution in [0.4, 0.5) is 0 Å². The summed E-state index contributed by atoms with van der Waals surface area (Å²) in [4.78, 5) is 10.9. The molecule has 0 spiro atoms. The summed E-state index contributed by atoms with van der Waals surface area (Å²) in [6.07, 6.45) is -0.160. The van der Waals surface area contributed by atoms with E-state index in [1.807, 2.05) is 12.1 Å². The number of hydrogen-bond acceptors (Lipinski definition) is 2. The van der Waals surface area contributed by atoms with Crippen molar-refractivity contribution >= 4 is 33.4 Å². The van der Waals surface area contributed by atoms with Crippen molar-refractivity contribution in [2.75, 3.05) is 13.2 Å². The van der Waals surface area contributed by atoms with E-state index < -0.39 is 0 Å². The molecular weight excluding hydrogens is 281 g/mol. The predicted octanol–water partition coefficient (Wildman–Crippen LogP) is 2.29. The Balaban J connectivity index is 2.21. The zero-order chi connectivity index (χ0) is 10.8. The standard InChI is InChI=1S/C10H9BrClNO2/c11-6-1-2-8(12)7(3-6)9-4-13-10(14)5-15-9/h1-3,9H,4-5H2,(H,13,14)/t9-/m0/s1. The van der Waals surface area contributed by atoms with Crippen LogP contribution in [-0.4, -0.2) is 19.1 Å². The van der Waals surface area contributed by atoms with Gasteiger partial charge in [0.05, 0.1) is 0 Å². The molecule has 80 valence electrons. The Morgan fingerprint density at radius 3 is 3.00 bits per heavy atom. The molecule has 1 N–H and O–H groups in total. The minimum atomic E-state index is -0.160. The molecule has 1 aliphatic heterocycles. The van der Waals surface area contributed by atoms with Gasteiger partial charge in [0.25, 0.3) is 0 Å². The summed E-state index contributed by atoms with van der Waals surface area (Å²) in [5.74, 6) is -0.0858. The highest BCUT2D eigenvalue weighted by Gasteiger charge is 2.22. The van der Waals surface area contributed by atoms with Gasteiger partial charge in [-0.25, -0.2) is 0 Å². The number of carbonyl (C=O) groups excluding carboxylic acids is 1. The van der Waals surface area contributed by atoms with Gasteiger partial charge in [0.2, 0.25) is 5.91 Å². The van der Waals surface area contributed by atoms with Crippen molar-refractivity contribution in [3.63, 3.8) is 0 Å². The topological polar surface area (TPSA) is 38.3 Å². The third-order valence-corrected chi connectivity index (χ3v) is 3.04. The molecule has 0 radical (unpaired) electrons. The smallest absolute Gasteiger partial charge is 0.246 e. The predicted molar refractivity (Wildman–Crippen MR) is 60.9 cm³/mol. The maximum atomic E-state index is 10.9. The van der Waals surface area contributed by atoms with E-state index >= 15 is 0 Å². The van der Waals surface area contributed by atoms with Crippen LogP contribution in [0, 0.1) is 0 Å². The molecule has 15 heavy (non-hydrogen) atoms. The third-order valence-electron chi connectivity index (χ3n) is 2.21. The van der Waals surface area contributed by atoms with Crippen molar-refractivity contribution in [1.29, 1.82) is 0 Å². The Kier molecular flexibility index (Phi) is 3.29. The first-order valence-corrected chi connectivity index (χ1v) is 5.67. The summed E-state index contributed by atoms with van der Waals surface area (Å²) in [7, 11) is 0. The fourth-order valence-electron chi connectivity index (χ4n) is 1.45. The van der Waals surface area contributed by atoms with Gasteiger partial charge in [0, 0.05) is 21.6 Å². The first kappa shape index (κ1) is 10.9. The molecule has 2 rings (SSSR count). The quantitative estimate of drug-likeness (QED) is 0.862. The number of morpholine rings is 1. The highest BCUT2D eigenvalue weighted by atomic mass is 79.9. The number of nitrogens with one attached hydrogen (secondary N) is 1. The number of hydrogen-bond donors (Lipinski definition) is 1. The largest absolute Gasteiger partial charge is 0.362 e. The summed E-state index contributed by atoms with van der Waals surface area (Å²) in [5.41, 5.74) is 0.894. The number of ether oxygens (including phenoxy) is 1. The average Bonchev–Trinajstić information content (AvgIpc) is 2.23. The maximum absolute atomic E-state index is 10.9.